The van der Waals surface area contributed by atoms with E-state index in [-0.39, 0.29) is 5.91 Å². The lowest BCUT2D eigenvalue weighted by atomic mass is 10.2. The van der Waals surface area contributed by atoms with Crippen molar-refractivity contribution in [3.8, 4) is 0 Å². The van der Waals surface area contributed by atoms with E-state index < -0.39 is 0 Å². The Balaban J connectivity index is 2.27. The predicted octanol–water partition coefficient (Wildman–Crippen LogP) is 2.16. The van der Waals surface area contributed by atoms with Gasteiger partial charge in [0.05, 0.1) is 0 Å². The number of halogens is 1. The van der Waals surface area contributed by atoms with Crippen LogP contribution in [0.4, 0.5) is 0 Å². The largest absolute Gasteiger partial charge is 0.382 e. The maximum Gasteiger partial charge on any atom is 0.251 e. The molecule has 0 atom stereocenters. The molecule has 0 unspecified atom stereocenters. The molecule has 0 aromatic heterocycles. The van der Waals surface area contributed by atoms with Crippen molar-refractivity contribution >= 4 is 27.8 Å². The minimum absolute atomic E-state index is 0.0806. The third kappa shape index (κ3) is 8.88. The van der Waals surface area contributed by atoms with Crippen LogP contribution in [0, 0.1) is 0 Å². The second-order valence-electron chi connectivity index (χ2n) is 5.00. The number of nitrogens with zero attached hydrogens (tertiary/aromatic N) is 1. The summed E-state index contributed by atoms with van der Waals surface area (Å²) in [7, 11) is 0. The number of guanidine groups is 1. The van der Waals surface area contributed by atoms with Gasteiger partial charge in [-0.25, -0.2) is 0 Å². The first-order chi connectivity index (χ1) is 11.7. The SMILES string of the molecule is CCNC(=NCCCOCC)NCCNC(=O)c1ccc(Br)cc1. The summed E-state index contributed by atoms with van der Waals surface area (Å²) in [6.45, 7) is 8.11. The number of hydrogen-bond acceptors (Lipinski definition) is 3. The van der Waals surface area contributed by atoms with Crippen LogP contribution < -0.4 is 16.0 Å². The molecule has 1 amide bonds. The fourth-order valence-electron chi connectivity index (χ4n) is 1.90. The highest BCUT2D eigenvalue weighted by molar-refractivity contribution is 9.10. The van der Waals surface area contributed by atoms with Crippen LogP contribution in [0.3, 0.4) is 0 Å². The van der Waals surface area contributed by atoms with Crippen molar-refractivity contribution in [1.29, 1.82) is 0 Å². The van der Waals surface area contributed by atoms with Crippen molar-refractivity contribution in [3.05, 3.63) is 34.3 Å². The Morgan fingerprint density at radius 3 is 2.50 bits per heavy atom. The zero-order valence-electron chi connectivity index (χ0n) is 14.4. The Kier molecular flexibility index (Phi) is 10.9. The van der Waals surface area contributed by atoms with Crippen LogP contribution in [0.5, 0.6) is 0 Å². The van der Waals surface area contributed by atoms with E-state index in [4.69, 9.17) is 4.74 Å². The van der Waals surface area contributed by atoms with Crippen LogP contribution in [0.2, 0.25) is 0 Å². The molecule has 1 rings (SSSR count). The number of benzene rings is 1. The molecule has 0 heterocycles. The fourth-order valence-corrected chi connectivity index (χ4v) is 2.17. The molecule has 0 radical (unpaired) electrons. The quantitative estimate of drug-likeness (QED) is 0.320. The standard InChI is InChI=1S/C17H27BrN4O2/c1-3-19-17(21-10-5-13-24-4-2)22-12-11-20-16(23)14-6-8-15(18)9-7-14/h6-9H,3-5,10-13H2,1-2H3,(H,20,23)(H2,19,21,22). The Morgan fingerprint density at radius 2 is 1.83 bits per heavy atom. The van der Waals surface area contributed by atoms with Gasteiger partial charge in [0.1, 0.15) is 0 Å². The van der Waals surface area contributed by atoms with Crippen LogP contribution >= 0.6 is 15.9 Å². The minimum atomic E-state index is -0.0806. The van der Waals surface area contributed by atoms with Gasteiger partial charge < -0.3 is 20.7 Å². The van der Waals surface area contributed by atoms with Crippen LogP contribution in [-0.2, 0) is 4.74 Å². The molecule has 134 valence electrons. The number of aliphatic imine (C=N–C) groups is 1. The van der Waals surface area contributed by atoms with E-state index >= 15 is 0 Å². The summed E-state index contributed by atoms with van der Waals surface area (Å²) in [5.74, 6) is 0.676. The molecule has 0 aliphatic rings. The van der Waals surface area contributed by atoms with Gasteiger partial charge in [-0.2, -0.15) is 0 Å². The summed E-state index contributed by atoms with van der Waals surface area (Å²) < 4.78 is 6.24. The molecule has 24 heavy (non-hydrogen) atoms. The van der Waals surface area contributed by atoms with Crippen molar-refractivity contribution in [1.82, 2.24) is 16.0 Å². The van der Waals surface area contributed by atoms with E-state index in [0.29, 0.717) is 25.2 Å². The average Bonchev–Trinajstić information content (AvgIpc) is 2.58. The van der Waals surface area contributed by atoms with E-state index in [1.54, 1.807) is 12.1 Å². The molecule has 0 saturated carbocycles. The van der Waals surface area contributed by atoms with Gasteiger partial charge >= 0.3 is 0 Å². The molecule has 7 heteroatoms. The van der Waals surface area contributed by atoms with Crippen LogP contribution in [-0.4, -0.2) is 51.3 Å². The summed E-state index contributed by atoms with van der Waals surface area (Å²) in [6, 6.07) is 7.28. The fraction of sp³-hybridized carbons (Fsp3) is 0.529. The lowest BCUT2D eigenvalue weighted by Gasteiger charge is -2.12. The zero-order valence-corrected chi connectivity index (χ0v) is 16.0. The molecule has 1 aromatic carbocycles. The van der Waals surface area contributed by atoms with Crippen molar-refractivity contribution in [2.24, 2.45) is 4.99 Å². The van der Waals surface area contributed by atoms with Gasteiger partial charge in [-0.15, -0.1) is 0 Å². The Hall–Kier alpha value is -1.60. The highest BCUT2D eigenvalue weighted by Gasteiger charge is 2.04. The molecular weight excluding hydrogens is 372 g/mol. The van der Waals surface area contributed by atoms with E-state index in [0.717, 1.165) is 36.6 Å². The summed E-state index contributed by atoms with van der Waals surface area (Å²) in [5.41, 5.74) is 0.648. The number of hydrogen-bond donors (Lipinski definition) is 3. The lowest BCUT2D eigenvalue weighted by molar-refractivity contribution is 0.0954. The normalized spacial score (nSPS) is 11.2. The van der Waals surface area contributed by atoms with Crippen molar-refractivity contribution in [2.75, 3.05) is 39.4 Å². The zero-order chi connectivity index (χ0) is 17.6. The Bertz CT molecular complexity index is 506. The van der Waals surface area contributed by atoms with Crippen LogP contribution in [0.1, 0.15) is 30.6 Å². The van der Waals surface area contributed by atoms with Gasteiger partial charge in [0.2, 0.25) is 0 Å². The van der Waals surface area contributed by atoms with Gasteiger partial charge in [0.25, 0.3) is 5.91 Å². The van der Waals surface area contributed by atoms with Gasteiger partial charge in [-0.3, -0.25) is 9.79 Å². The van der Waals surface area contributed by atoms with E-state index in [2.05, 4.69) is 36.9 Å². The number of amides is 1. The molecular formula is C17H27BrN4O2. The molecule has 0 spiro atoms. The Morgan fingerprint density at radius 1 is 1.12 bits per heavy atom. The highest BCUT2D eigenvalue weighted by atomic mass is 79.9. The number of nitrogens with one attached hydrogen (secondary N) is 3. The van der Waals surface area contributed by atoms with Gasteiger partial charge in [0.15, 0.2) is 5.96 Å². The molecule has 3 N–H and O–H groups in total. The van der Waals surface area contributed by atoms with E-state index in [1.165, 1.54) is 0 Å². The molecule has 0 aliphatic heterocycles. The van der Waals surface area contributed by atoms with Crippen LogP contribution in [0.15, 0.2) is 33.7 Å². The van der Waals surface area contributed by atoms with Gasteiger partial charge in [-0.05, 0) is 44.5 Å². The summed E-state index contributed by atoms with van der Waals surface area (Å²) in [4.78, 5) is 16.5. The first-order valence-electron chi connectivity index (χ1n) is 8.31. The maximum absolute atomic E-state index is 12.0. The predicted molar refractivity (Wildman–Crippen MR) is 102 cm³/mol. The van der Waals surface area contributed by atoms with Gasteiger partial charge in [0, 0.05) is 49.4 Å². The van der Waals surface area contributed by atoms with Gasteiger partial charge in [-0.1, -0.05) is 15.9 Å². The van der Waals surface area contributed by atoms with E-state index in [1.807, 2.05) is 26.0 Å². The lowest BCUT2D eigenvalue weighted by Crippen LogP contribution is -2.41. The van der Waals surface area contributed by atoms with E-state index in [9.17, 15) is 4.79 Å². The molecule has 0 bridgehead atoms. The Labute approximate surface area is 152 Å². The minimum Gasteiger partial charge on any atom is -0.382 e. The van der Waals surface area contributed by atoms with Crippen molar-refractivity contribution < 1.29 is 9.53 Å². The number of ether oxygens (including phenoxy) is 1. The third-order valence-electron chi connectivity index (χ3n) is 3.07. The maximum atomic E-state index is 12.0. The van der Waals surface area contributed by atoms with Crippen molar-refractivity contribution in [3.63, 3.8) is 0 Å². The summed E-state index contributed by atoms with van der Waals surface area (Å²) in [5, 5.41) is 9.26. The third-order valence-corrected chi connectivity index (χ3v) is 3.60. The number of carbonyl (C=O) groups excluding carboxylic acids is 1. The smallest absolute Gasteiger partial charge is 0.251 e. The number of carbonyl (C=O) groups is 1. The average molecular weight is 399 g/mol. The summed E-state index contributed by atoms with van der Waals surface area (Å²) in [6.07, 6.45) is 0.894. The second-order valence-corrected chi connectivity index (χ2v) is 5.92. The number of rotatable bonds is 10. The highest BCUT2D eigenvalue weighted by Crippen LogP contribution is 2.10. The molecule has 0 aliphatic carbocycles. The summed E-state index contributed by atoms with van der Waals surface area (Å²) >= 11 is 3.35. The molecule has 0 fully saturated rings. The molecule has 6 nitrogen and oxygen atoms in total. The monoisotopic (exact) mass is 398 g/mol. The molecule has 1 aromatic rings. The first-order valence-corrected chi connectivity index (χ1v) is 9.10. The topological polar surface area (TPSA) is 74.8 Å². The molecule has 0 saturated heterocycles. The second kappa shape index (κ2) is 12.8. The first kappa shape index (κ1) is 20.4. The van der Waals surface area contributed by atoms with Crippen molar-refractivity contribution in [2.45, 2.75) is 20.3 Å². The van der Waals surface area contributed by atoms with Crippen LogP contribution in [0.25, 0.3) is 0 Å².